The molecule has 1 fully saturated rings. The number of hydrogen-bond acceptors (Lipinski definition) is 5. The number of aromatic nitrogens is 2. The van der Waals surface area contributed by atoms with Gasteiger partial charge in [0.05, 0.1) is 5.69 Å². The number of ether oxygens (including phenoxy) is 1. The number of rotatable bonds is 3. The van der Waals surface area contributed by atoms with E-state index in [9.17, 15) is 4.79 Å². The van der Waals surface area contributed by atoms with Crippen LogP contribution in [0, 0.1) is 0 Å². The van der Waals surface area contributed by atoms with E-state index in [0.29, 0.717) is 11.7 Å². The Kier molecular flexibility index (Phi) is 5.81. The molecule has 1 aromatic heterocycles. The smallest absolute Gasteiger partial charge is 0.410 e. The molecule has 0 unspecified atom stereocenters. The molecule has 6 nitrogen and oxygen atoms in total. The molecule has 7 heteroatoms. The van der Waals surface area contributed by atoms with Gasteiger partial charge in [0, 0.05) is 38.6 Å². The second-order valence-corrected chi connectivity index (χ2v) is 7.27. The van der Waals surface area contributed by atoms with Crippen molar-refractivity contribution >= 4 is 17.7 Å². The quantitative estimate of drug-likeness (QED) is 0.846. The van der Waals surface area contributed by atoms with Crippen LogP contribution in [0.5, 0.6) is 0 Å². The molecule has 0 radical (unpaired) electrons. The largest absolute Gasteiger partial charge is 0.444 e. The normalized spacial score (nSPS) is 19.4. The number of carbonyl (C=O) groups is 1. The van der Waals surface area contributed by atoms with Crippen LogP contribution in [0.4, 0.5) is 4.79 Å². The Bertz CT molecular complexity index is 547. The highest BCUT2D eigenvalue weighted by atomic mass is 35.5. The predicted molar refractivity (Wildman–Crippen MR) is 89.3 cm³/mol. The topological polar surface area (TPSA) is 58.6 Å². The number of halogens is 1. The van der Waals surface area contributed by atoms with Crippen molar-refractivity contribution in [3.63, 3.8) is 0 Å². The van der Waals surface area contributed by atoms with Crippen molar-refractivity contribution in [1.29, 1.82) is 0 Å². The molecule has 0 aromatic carbocycles. The van der Waals surface area contributed by atoms with Gasteiger partial charge in [-0.25, -0.2) is 9.78 Å². The molecule has 1 saturated heterocycles. The zero-order chi connectivity index (χ0) is 17.0. The summed E-state index contributed by atoms with van der Waals surface area (Å²) in [5, 5.41) is 0.440. The van der Waals surface area contributed by atoms with Crippen LogP contribution in [0.15, 0.2) is 12.4 Å². The Hall–Kier alpha value is -1.40. The molecule has 0 aliphatic carbocycles. The molecule has 2 rings (SSSR count). The fourth-order valence-corrected chi connectivity index (χ4v) is 2.81. The average Bonchev–Trinajstić information content (AvgIpc) is 2.47. The molecule has 1 atom stereocenters. The summed E-state index contributed by atoms with van der Waals surface area (Å²) in [6.07, 6.45) is 4.95. The van der Waals surface area contributed by atoms with Crippen molar-refractivity contribution in [3.8, 4) is 0 Å². The fraction of sp³-hybridized carbons (Fsp3) is 0.688. The summed E-state index contributed by atoms with van der Waals surface area (Å²) in [5.41, 5.74) is 0.294. The van der Waals surface area contributed by atoms with E-state index in [0.717, 1.165) is 31.6 Å². The van der Waals surface area contributed by atoms with Crippen LogP contribution in [-0.2, 0) is 11.3 Å². The Morgan fingerprint density at radius 1 is 1.43 bits per heavy atom. The summed E-state index contributed by atoms with van der Waals surface area (Å²) in [6.45, 7) is 8.02. The first-order chi connectivity index (χ1) is 10.8. The fourth-order valence-electron chi connectivity index (χ4n) is 2.64. The van der Waals surface area contributed by atoms with Crippen molar-refractivity contribution in [3.05, 3.63) is 23.2 Å². The third kappa shape index (κ3) is 5.32. The summed E-state index contributed by atoms with van der Waals surface area (Å²) in [7, 11) is 1.80. The van der Waals surface area contributed by atoms with Crippen LogP contribution < -0.4 is 0 Å². The molecule has 1 aliphatic rings. The Balaban J connectivity index is 1.95. The van der Waals surface area contributed by atoms with E-state index >= 15 is 0 Å². The molecule has 0 spiro atoms. The molecule has 0 bridgehead atoms. The number of piperidine rings is 1. The molecule has 23 heavy (non-hydrogen) atoms. The van der Waals surface area contributed by atoms with Gasteiger partial charge in [-0.3, -0.25) is 9.88 Å². The van der Waals surface area contributed by atoms with Gasteiger partial charge in [0.25, 0.3) is 0 Å². The lowest BCUT2D eigenvalue weighted by atomic mass is 10.0. The Morgan fingerprint density at radius 3 is 2.78 bits per heavy atom. The molecule has 1 amide bonds. The van der Waals surface area contributed by atoms with Gasteiger partial charge in [0.2, 0.25) is 0 Å². The zero-order valence-electron chi connectivity index (χ0n) is 14.3. The van der Waals surface area contributed by atoms with Crippen LogP contribution in [0.25, 0.3) is 0 Å². The van der Waals surface area contributed by atoms with Gasteiger partial charge in [-0.1, -0.05) is 11.6 Å². The maximum atomic E-state index is 12.2. The Labute approximate surface area is 142 Å². The minimum absolute atomic E-state index is 0.133. The maximum absolute atomic E-state index is 12.2. The van der Waals surface area contributed by atoms with E-state index in [1.54, 1.807) is 24.3 Å². The van der Waals surface area contributed by atoms with Crippen LogP contribution in [0.1, 0.15) is 39.3 Å². The standard InChI is InChI=1S/C16H25ClN4O2/c1-16(2,3)23-15(22)20(4)12-6-5-9-21(10-12)11-13-14(17)19-8-7-18-13/h7-8,12H,5-6,9-11H2,1-4H3/t12-/m0/s1. The van der Waals surface area contributed by atoms with Crippen molar-refractivity contribution in [1.82, 2.24) is 19.8 Å². The molecule has 0 N–H and O–H groups in total. The third-order valence-electron chi connectivity index (χ3n) is 3.81. The lowest BCUT2D eigenvalue weighted by Crippen LogP contribution is -2.49. The zero-order valence-corrected chi connectivity index (χ0v) is 15.0. The minimum Gasteiger partial charge on any atom is -0.444 e. The van der Waals surface area contributed by atoms with Crippen LogP contribution >= 0.6 is 11.6 Å². The summed E-state index contributed by atoms with van der Waals surface area (Å²) >= 11 is 6.08. The molecule has 0 saturated carbocycles. The third-order valence-corrected chi connectivity index (χ3v) is 4.12. The second-order valence-electron chi connectivity index (χ2n) is 6.92. The summed E-state index contributed by atoms with van der Waals surface area (Å²) in [5.74, 6) is 0. The molecular formula is C16H25ClN4O2. The van der Waals surface area contributed by atoms with E-state index in [-0.39, 0.29) is 12.1 Å². The summed E-state index contributed by atoms with van der Waals surface area (Å²) in [4.78, 5) is 24.5. The van der Waals surface area contributed by atoms with Crippen molar-refractivity contribution in [2.45, 2.75) is 51.8 Å². The van der Waals surface area contributed by atoms with Gasteiger partial charge in [-0.15, -0.1) is 0 Å². The van der Waals surface area contributed by atoms with Crippen LogP contribution in [0.2, 0.25) is 5.15 Å². The van der Waals surface area contributed by atoms with E-state index in [2.05, 4.69) is 14.9 Å². The van der Waals surface area contributed by atoms with E-state index in [4.69, 9.17) is 16.3 Å². The highest BCUT2D eigenvalue weighted by molar-refractivity contribution is 6.29. The molecule has 128 valence electrons. The summed E-state index contributed by atoms with van der Waals surface area (Å²) < 4.78 is 5.45. The van der Waals surface area contributed by atoms with Gasteiger partial charge in [-0.2, -0.15) is 0 Å². The van der Waals surface area contributed by atoms with Crippen molar-refractivity contribution < 1.29 is 9.53 Å². The second kappa shape index (κ2) is 7.45. The average molecular weight is 341 g/mol. The first-order valence-corrected chi connectivity index (χ1v) is 8.27. The van der Waals surface area contributed by atoms with Gasteiger partial charge >= 0.3 is 6.09 Å². The molecular weight excluding hydrogens is 316 g/mol. The van der Waals surface area contributed by atoms with Crippen molar-refractivity contribution in [2.75, 3.05) is 20.1 Å². The van der Waals surface area contributed by atoms with E-state index in [1.807, 2.05) is 20.8 Å². The number of likely N-dealkylation sites (N-methyl/N-ethyl adjacent to an activating group) is 1. The molecule has 1 aliphatic heterocycles. The van der Waals surface area contributed by atoms with Crippen LogP contribution in [-0.4, -0.2) is 57.6 Å². The number of carbonyl (C=O) groups excluding carboxylic acids is 1. The Morgan fingerprint density at radius 2 is 2.13 bits per heavy atom. The highest BCUT2D eigenvalue weighted by Gasteiger charge is 2.29. The van der Waals surface area contributed by atoms with Gasteiger partial charge < -0.3 is 9.64 Å². The predicted octanol–water partition coefficient (Wildman–Crippen LogP) is 2.96. The van der Waals surface area contributed by atoms with Gasteiger partial charge in [-0.05, 0) is 40.2 Å². The number of hydrogen-bond donors (Lipinski definition) is 0. The number of likely N-dealkylation sites (tertiary alicyclic amines) is 1. The lowest BCUT2D eigenvalue weighted by Gasteiger charge is -2.38. The molecule has 1 aromatic rings. The lowest BCUT2D eigenvalue weighted by molar-refractivity contribution is 0.0129. The monoisotopic (exact) mass is 340 g/mol. The molecule has 2 heterocycles. The maximum Gasteiger partial charge on any atom is 0.410 e. The number of nitrogens with zero attached hydrogens (tertiary/aromatic N) is 4. The first kappa shape index (κ1) is 17.9. The highest BCUT2D eigenvalue weighted by Crippen LogP contribution is 2.20. The SMILES string of the molecule is CN(C(=O)OC(C)(C)C)[C@H]1CCCN(Cc2nccnc2Cl)C1. The van der Waals surface area contributed by atoms with E-state index < -0.39 is 5.60 Å². The van der Waals surface area contributed by atoms with Gasteiger partial charge in [0.1, 0.15) is 5.60 Å². The van der Waals surface area contributed by atoms with Crippen LogP contribution in [0.3, 0.4) is 0 Å². The van der Waals surface area contributed by atoms with Gasteiger partial charge in [0.15, 0.2) is 5.15 Å². The first-order valence-electron chi connectivity index (χ1n) is 7.90. The minimum atomic E-state index is -0.479. The van der Waals surface area contributed by atoms with Crippen molar-refractivity contribution in [2.24, 2.45) is 0 Å². The number of amides is 1. The summed E-state index contributed by atoms with van der Waals surface area (Å²) in [6, 6.07) is 0.133. The van der Waals surface area contributed by atoms with E-state index in [1.165, 1.54) is 0 Å².